The minimum absolute atomic E-state index is 0.147. The molecule has 4 aliphatic carbocycles. The van der Waals surface area contributed by atoms with E-state index in [-0.39, 0.29) is 28.8 Å². The third-order valence-corrected chi connectivity index (χ3v) is 13.0. The van der Waals surface area contributed by atoms with Gasteiger partial charge < -0.3 is 18.9 Å². The molecule has 1 aromatic rings. The Labute approximate surface area is 221 Å². The first-order chi connectivity index (χ1) is 17.5. The first-order valence-corrected chi connectivity index (χ1v) is 15.2. The summed E-state index contributed by atoms with van der Waals surface area (Å²) in [5.74, 6) is 3.01. The fourth-order valence-corrected chi connectivity index (χ4v) is 11.4. The lowest BCUT2D eigenvalue weighted by Crippen LogP contribution is -2.64. The number of nitrogens with zero attached hydrogens (tertiary/aromatic N) is 1. The van der Waals surface area contributed by atoms with Gasteiger partial charge in [-0.2, -0.15) is 5.10 Å². The summed E-state index contributed by atoms with van der Waals surface area (Å²) in [6, 6.07) is 0. The van der Waals surface area contributed by atoms with Gasteiger partial charge in [-0.25, -0.2) is 0 Å². The minimum atomic E-state index is -0.526. The Bertz CT molecular complexity index is 1090. The molecule has 7 aliphatic rings. The van der Waals surface area contributed by atoms with E-state index in [0.717, 1.165) is 32.3 Å². The Morgan fingerprint density at radius 3 is 2.51 bits per heavy atom. The second kappa shape index (κ2) is 7.41. The Morgan fingerprint density at radius 1 is 0.919 bits per heavy atom. The molecule has 3 saturated heterocycles. The smallest absolute Gasteiger partial charge is 0.171 e. The summed E-state index contributed by atoms with van der Waals surface area (Å²) in [4.78, 5) is 0. The molecule has 1 spiro atoms. The molecule has 6 fully saturated rings. The highest BCUT2D eigenvalue weighted by molar-refractivity contribution is 5.28. The number of aromatic amines is 1. The van der Waals surface area contributed by atoms with Gasteiger partial charge in [-0.1, -0.05) is 27.7 Å². The van der Waals surface area contributed by atoms with E-state index in [0.29, 0.717) is 47.5 Å². The van der Waals surface area contributed by atoms with Crippen LogP contribution < -0.4 is 0 Å². The molecule has 0 radical (unpaired) electrons. The van der Waals surface area contributed by atoms with E-state index >= 15 is 0 Å². The van der Waals surface area contributed by atoms with Gasteiger partial charge in [0.05, 0.1) is 31.1 Å². The lowest BCUT2D eigenvalue weighted by Gasteiger charge is -2.63. The molecule has 13 atom stereocenters. The third-order valence-electron chi connectivity index (χ3n) is 13.0. The zero-order chi connectivity index (χ0) is 25.5. The normalized spacial score (nSPS) is 57.2. The van der Waals surface area contributed by atoms with Crippen molar-refractivity contribution < 1.29 is 18.9 Å². The minimum Gasteiger partial charge on any atom is -0.349 e. The van der Waals surface area contributed by atoms with Crippen LogP contribution in [0.2, 0.25) is 0 Å². The van der Waals surface area contributed by atoms with Gasteiger partial charge in [0, 0.05) is 18.0 Å². The van der Waals surface area contributed by atoms with Crippen molar-refractivity contribution in [2.24, 2.45) is 52.3 Å². The molecule has 6 heteroatoms. The summed E-state index contributed by atoms with van der Waals surface area (Å²) in [7, 11) is 0. The number of rotatable bonds is 0. The van der Waals surface area contributed by atoms with Crippen molar-refractivity contribution in [1.82, 2.24) is 10.2 Å². The summed E-state index contributed by atoms with van der Waals surface area (Å²) < 4.78 is 27.3. The topological polar surface area (TPSA) is 65.6 Å². The lowest BCUT2D eigenvalue weighted by atomic mass is 9.43. The third kappa shape index (κ3) is 3.00. The summed E-state index contributed by atoms with van der Waals surface area (Å²) in [5.41, 5.74) is 3.22. The predicted octanol–water partition coefficient (Wildman–Crippen LogP) is 5.51. The molecule has 6 nitrogen and oxygen atoms in total. The standard InChI is InChI=1S/C31H46N2O4/c1-16-7-10-31(34-15-16)17(2)25-23(35-31)12-20-24-19(8-9-29(20,25)5)30(6)13-18-14-32-33-22(18)11-21(30)26-27(24)37-28(3,4)36-26/h14,16-17,19-21,23-27H,7-13,15H2,1-6H3,(H,32,33)/t16?,17-,19-,20-,21+,23-,24+,25-,26+,27+,29-,30+,31+/m0/s1. The van der Waals surface area contributed by atoms with E-state index in [1.54, 1.807) is 0 Å². The zero-order valence-corrected chi connectivity index (χ0v) is 23.6. The van der Waals surface area contributed by atoms with Crippen LogP contribution in [-0.4, -0.2) is 46.7 Å². The van der Waals surface area contributed by atoms with Crippen LogP contribution in [0.25, 0.3) is 0 Å². The van der Waals surface area contributed by atoms with Crippen LogP contribution in [0.5, 0.6) is 0 Å². The van der Waals surface area contributed by atoms with Crippen molar-refractivity contribution in [2.75, 3.05) is 6.61 Å². The van der Waals surface area contributed by atoms with Crippen LogP contribution >= 0.6 is 0 Å². The SMILES string of the molecule is CC1CC[C@@]2(OC1)O[C@H]1C[C@H]3[C@@H]4[C@H]5OC(C)(C)O[C@@H]5[C@H]5Cc6[nH]ncc6C[C@]5(C)[C@H]4CC[C@]3(C)[C@H]1[C@@H]2C. The van der Waals surface area contributed by atoms with Gasteiger partial charge in [0.2, 0.25) is 0 Å². The van der Waals surface area contributed by atoms with Gasteiger partial charge in [0.1, 0.15) is 0 Å². The predicted molar refractivity (Wildman–Crippen MR) is 138 cm³/mol. The molecule has 0 aromatic carbocycles. The Balaban J connectivity index is 1.17. The first kappa shape index (κ1) is 23.9. The molecule has 204 valence electrons. The van der Waals surface area contributed by atoms with Crippen molar-refractivity contribution in [3.63, 3.8) is 0 Å². The molecule has 1 aromatic heterocycles. The van der Waals surface area contributed by atoms with E-state index in [2.05, 4.69) is 57.9 Å². The van der Waals surface area contributed by atoms with E-state index in [4.69, 9.17) is 18.9 Å². The highest BCUT2D eigenvalue weighted by Crippen LogP contribution is 2.72. The van der Waals surface area contributed by atoms with Crippen LogP contribution in [-0.2, 0) is 31.8 Å². The van der Waals surface area contributed by atoms with Crippen LogP contribution in [0, 0.1) is 52.3 Å². The molecular formula is C31H46N2O4. The number of nitrogens with one attached hydrogen (secondary N) is 1. The maximum absolute atomic E-state index is 7.02. The van der Waals surface area contributed by atoms with Gasteiger partial charge in [-0.05, 0) is 104 Å². The maximum atomic E-state index is 7.02. The first-order valence-electron chi connectivity index (χ1n) is 15.2. The van der Waals surface area contributed by atoms with E-state index in [1.807, 2.05) is 0 Å². The fourth-order valence-electron chi connectivity index (χ4n) is 11.4. The zero-order valence-electron chi connectivity index (χ0n) is 23.6. The number of hydrogen-bond acceptors (Lipinski definition) is 5. The molecule has 3 aliphatic heterocycles. The van der Waals surface area contributed by atoms with Crippen molar-refractivity contribution >= 4 is 0 Å². The summed E-state index contributed by atoms with van der Waals surface area (Å²) in [5, 5.41) is 7.75. The number of hydrogen-bond donors (Lipinski definition) is 1. The van der Waals surface area contributed by atoms with Gasteiger partial charge in [0.15, 0.2) is 11.6 Å². The highest BCUT2D eigenvalue weighted by Gasteiger charge is 2.73. The van der Waals surface area contributed by atoms with Crippen molar-refractivity contribution in [1.29, 1.82) is 0 Å². The maximum Gasteiger partial charge on any atom is 0.171 e. The Morgan fingerprint density at radius 2 is 1.73 bits per heavy atom. The average Bonchev–Trinajstić information content (AvgIpc) is 3.56. The van der Waals surface area contributed by atoms with Gasteiger partial charge in [-0.15, -0.1) is 0 Å². The van der Waals surface area contributed by atoms with Gasteiger partial charge >= 0.3 is 0 Å². The Kier molecular flexibility index (Phi) is 4.79. The Hall–Kier alpha value is -0.950. The summed E-state index contributed by atoms with van der Waals surface area (Å²) in [6.45, 7) is 15.0. The van der Waals surface area contributed by atoms with Crippen LogP contribution in [0.1, 0.15) is 84.9 Å². The second-order valence-corrected chi connectivity index (χ2v) is 15.2. The number of aromatic nitrogens is 2. The van der Waals surface area contributed by atoms with E-state index in [1.165, 1.54) is 30.5 Å². The molecule has 0 amide bonds. The van der Waals surface area contributed by atoms with Crippen molar-refractivity contribution in [3.05, 3.63) is 17.5 Å². The number of H-pyrrole nitrogens is 1. The molecule has 1 unspecified atom stereocenters. The monoisotopic (exact) mass is 510 g/mol. The molecule has 37 heavy (non-hydrogen) atoms. The van der Waals surface area contributed by atoms with Crippen LogP contribution in [0.4, 0.5) is 0 Å². The molecule has 3 saturated carbocycles. The molecule has 4 heterocycles. The van der Waals surface area contributed by atoms with Crippen LogP contribution in [0.3, 0.4) is 0 Å². The fraction of sp³-hybridized carbons (Fsp3) is 0.903. The lowest BCUT2D eigenvalue weighted by molar-refractivity contribution is -0.274. The summed E-state index contributed by atoms with van der Waals surface area (Å²) >= 11 is 0. The van der Waals surface area contributed by atoms with Crippen molar-refractivity contribution in [3.8, 4) is 0 Å². The molecular weight excluding hydrogens is 464 g/mol. The van der Waals surface area contributed by atoms with E-state index < -0.39 is 5.79 Å². The summed E-state index contributed by atoms with van der Waals surface area (Å²) in [6.07, 6.45) is 10.8. The number of ether oxygens (including phenoxy) is 4. The largest absolute Gasteiger partial charge is 0.349 e. The van der Waals surface area contributed by atoms with Crippen molar-refractivity contribution in [2.45, 2.75) is 116 Å². The molecule has 0 bridgehead atoms. The van der Waals surface area contributed by atoms with E-state index in [9.17, 15) is 0 Å². The molecule has 1 N–H and O–H groups in total. The highest BCUT2D eigenvalue weighted by atomic mass is 16.8. The van der Waals surface area contributed by atoms with Gasteiger partial charge in [0.25, 0.3) is 0 Å². The quantitative estimate of drug-likeness (QED) is 0.499. The number of fused-ring (bicyclic) bond motifs is 11. The molecule has 8 rings (SSSR count). The van der Waals surface area contributed by atoms with Crippen LogP contribution in [0.15, 0.2) is 6.20 Å². The average molecular weight is 511 g/mol. The van der Waals surface area contributed by atoms with Gasteiger partial charge in [-0.3, -0.25) is 5.10 Å². The second-order valence-electron chi connectivity index (χ2n) is 15.2.